The average molecular weight is 287 g/mol. The van der Waals surface area contributed by atoms with Crippen LogP contribution in [0.25, 0.3) is 0 Å². The van der Waals surface area contributed by atoms with E-state index in [0.717, 1.165) is 5.56 Å². The van der Waals surface area contributed by atoms with Crippen LogP contribution < -0.4 is 20.5 Å². The van der Waals surface area contributed by atoms with Gasteiger partial charge in [0.25, 0.3) is 5.91 Å². The number of hydrogen-bond acceptors (Lipinski definition) is 5. The number of nitrogens with one attached hydrogen (secondary N) is 1. The third kappa shape index (κ3) is 3.85. The number of nitrogens with zero attached hydrogens (tertiary/aromatic N) is 1. The lowest BCUT2D eigenvalue weighted by Crippen LogP contribution is -2.23. The van der Waals surface area contributed by atoms with Crippen molar-refractivity contribution >= 4 is 11.6 Å². The van der Waals surface area contributed by atoms with E-state index in [2.05, 4.69) is 10.3 Å². The number of pyridine rings is 1. The van der Waals surface area contributed by atoms with Crippen LogP contribution in [0.2, 0.25) is 0 Å². The Kier molecular flexibility index (Phi) is 4.61. The molecule has 0 fully saturated rings. The van der Waals surface area contributed by atoms with Crippen LogP contribution in [-0.4, -0.2) is 25.1 Å². The highest BCUT2D eigenvalue weighted by molar-refractivity contribution is 5.95. The van der Waals surface area contributed by atoms with Crippen molar-refractivity contribution < 1.29 is 14.3 Å². The third-order valence-electron chi connectivity index (χ3n) is 2.89. The number of hydrogen-bond donors (Lipinski definition) is 2. The minimum atomic E-state index is -0.226. The SMILES string of the molecule is COc1cc(N)cc(C(=O)NCc2ccnc(OC)c2)c1. The zero-order valence-corrected chi connectivity index (χ0v) is 11.9. The maximum atomic E-state index is 12.1. The number of amides is 1. The molecule has 1 amide bonds. The van der Waals surface area contributed by atoms with Gasteiger partial charge in [-0.15, -0.1) is 0 Å². The van der Waals surface area contributed by atoms with Crippen molar-refractivity contribution in [3.63, 3.8) is 0 Å². The highest BCUT2D eigenvalue weighted by atomic mass is 16.5. The zero-order valence-electron chi connectivity index (χ0n) is 11.9. The summed E-state index contributed by atoms with van der Waals surface area (Å²) in [7, 11) is 3.07. The van der Waals surface area contributed by atoms with E-state index >= 15 is 0 Å². The molecule has 0 aliphatic rings. The van der Waals surface area contributed by atoms with Crippen molar-refractivity contribution in [1.29, 1.82) is 0 Å². The summed E-state index contributed by atoms with van der Waals surface area (Å²) in [5, 5.41) is 2.81. The van der Waals surface area contributed by atoms with Crippen LogP contribution >= 0.6 is 0 Å². The van der Waals surface area contributed by atoms with E-state index in [9.17, 15) is 4.79 Å². The third-order valence-corrected chi connectivity index (χ3v) is 2.89. The molecule has 0 saturated heterocycles. The van der Waals surface area contributed by atoms with Gasteiger partial charge in [-0.2, -0.15) is 0 Å². The molecule has 0 aliphatic heterocycles. The van der Waals surface area contributed by atoms with Crippen molar-refractivity contribution in [2.24, 2.45) is 0 Å². The summed E-state index contributed by atoms with van der Waals surface area (Å²) in [6.07, 6.45) is 1.63. The van der Waals surface area contributed by atoms with Crippen LogP contribution in [0.5, 0.6) is 11.6 Å². The number of rotatable bonds is 5. The standard InChI is InChI=1S/C15H17N3O3/c1-20-13-7-11(6-12(16)8-13)15(19)18-9-10-3-4-17-14(5-10)21-2/h3-8H,9,16H2,1-2H3,(H,18,19). The molecular weight excluding hydrogens is 270 g/mol. The molecule has 6 nitrogen and oxygen atoms in total. The molecule has 0 atom stereocenters. The van der Waals surface area contributed by atoms with Crippen molar-refractivity contribution in [3.05, 3.63) is 47.7 Å². The Balaban J connectivity index is 2.06. The molecule has 1 aromatic heterocycles. The Labute approximate surface area is 122 Å². The van der Waals surface area contributed by atoms with Crippen LogP contribution in [0.15, 0.2) is 36.5 Å². The Morgan fingerprint density at radius 2 is 2.05 bits per heavy atom. The van der Waals surface area contributed by atoms with Crippen molar-refractivity contribution in [2.45, 2.75) is 6.54 Å². The molecule has 0 saturated carbocycles. The number of methoxy groups -OCH3 is 2. The number of aromatic nitrogens is 1. The molecule has 0 spiro atoms. The van der Waals surface area contributed by atoms with Crippen LogP contribution in [0, 0.1) is 0 Å². The van der Waals surface area contributed by atoms with Crippen molar-refractivity contribution in [3.8, 4) is 11.6 Å². The maximum absolute atomic E-state index is 12.1. The first-order valence-electron chi connectivity index (χ1n) is 6.34. The lowest BCUT2D eigenvalue weighted by Gasteiger charge is -2.08. The molecule has 110 valence electrons. The smallest absolute Gasteiger partial charge is 0.251 e. The molecule has 2 aromatic rings. The van der Waals surface area contributed by atoms with Gasteiger partial charge >= 0.3 is 0 Å². The normalized spacial score (nSPS) is 10.0. The van der Waals surface area contributed by atoms with Crippen LogP contribution in [0.3, 0.4) is 0 Å². The first-order chi connectivity index (χ1) is 10.1. The quantitative estimate of drug-likeness (QED) is 0.816. The van der Waals surface area contributed by atoms with Gasteiger partial charge in [0.15, 0.2) is 0 Å². The van der Waals surface area contributed by atoms with Gasteiger partial charge in [-0.3, -0.25) is 4.79 Å². The topological polar surface area (TPSA) is 86.5 Å². The molecule has 3 N–H and O–H groups in total. The Hall–Kier alpha value is -2.76. The number of benzene rings is 1. The summed E-state index contributed by atoms with van der Waals surface area (Å²) in [5.74, 6) is 0.828. The van der Waals surface area contributed by atoms with Crippen molar-refractivity contribution in [1.82, 2.24) is 10.3 Å². The van der Waals surface area contributed by atoms with Gasteiger partial charge in [0.05, 0.1) is 14.2 Å². The van der Waals surface area contributed by atoms with E-state index in [1.54, 1.807) is 37.6 Å². The highest BCUT2D eigenvalue weighted by Crippen LogP contribution is 2.18. The fraction of sp³-hybridized carbons (Fsp3) is 0.200. The number of nitrogen functional groups attached to an aromatic ring is 1. The van der Waals surface area contributed by atoms with E-state index in [1.807, 2.05) is 6.07 Å². The van der Waals surface area contributed by atoms with E-state index < -0.39 is 0 Å². The monoisotopic (exact) mass is 287 g/mol. The Morgan fingerprint density at radius 1 is 1.24 bits per heavy atom. The number of ether oxygens (including phenoxy) is 2. The predicted molar refractivity (Wildman–Crippen MR) is 79.4 cm³/mol. The van der Waals surface area contributed by atoms with Gasteiger partial charge in [0.1, 0.15) is 5.75 Å². The van der Waals surface area contributed by atoms with Crippen LogP contribution in [0.1, 0.15) is 15.9 Å². The van der Waals surface area contributed by atoms with Crippen molar-refractivity contribution in [2.75, 3.05) is 20.0 Å². The van der Waals surface area contributed by atoms with Crippen LogP contribution in [0.4, 0.5) is 5.69 Å². The Bertz CT molecular complexity index is 644. The number of carbonyl (C=O) groups excluding carboxylic acids is 1. The fourth-order valence-electron chi connectivity index (χ4n) is 1.83. The minimum absolute atomic E-state index is 0.226. The van der Waals surface area contributed by atoms with Gasteiger partial charge in [-0.25, -0.2) is 4.98 Å². The summed E-state index contributed by atoms with van der Waals surface area (Å²) >= 11 is 0. The average Bonchev–Trinajstić information content (AvgIpc) is 2.52. The van der Waals surface area contributed by atoms with E-state index in [0.29, 0.717) is 29.4 Å². The molecule has 6 heteroatoms. The number of nitrogens with two attached hydrogens (primary N) is 1. The highest BCUT2D eigenvalue weighted by Gasteiger charge is 2.08. The largest absolute Gasteiger partial charge is 0.497 e. The van der Waals surface area contributed by atoms with E-state index in [4.69, 9.17) is 15.2 Å². The van der Waals surface area contributed by atoms with Gasteiger partial charge in [-0.05, 0) is 23.8 Å². The molecular formula is C15H17N3O3. The summed E-state index contributed by atoms with van der Waals surface area (Å²) in [4.78, 5) is 16.1. The molecule has 2 rings (SSSR count). The number of anilines is 1. The molecule has 1 aromatic carbocycles. The summed E-state index contributed by atoms with van der Waals surface area (Å²) in [6, 6.07) is 8.47. The first-order valence-corrected chi connectivity index (χ1v) is 6.34. The van der Waals surface area contributed by atoms with Crippen LogP contribution in [-0.2, 0) is 6.54 Å². The zero-order chi connectivity index (χ0) is 15.2. The predicted octanol–water partition coefficient (Wildman–Crippen LogP) is 1.61. The molecule has 0 unspecified atom stereocenters. The summed E-state index contributed by atoms with van der Waals surface area (Å²) < 4.78 is 10.1. The molecule has 21 heavy (non-hydrogen) atoms. The van der Waals surface area contributed by atoms with Gasteiger partial charge in [0, 0.05) is 36.1 Å². The van der Waals surface area contributed by atoms with E-state index in [1.165, 1.54) is 7.11 Å². The lowest BCUT2D eigenvalue weighted by atomic mass is 10.1. The first kappa shape index (κ1) is 14.6. The Morgan fingerprint density at radius 3 is 2.76 bits per heavy atom. The minimum Gasteiger partial charge on any atom is -0.497 e. The van der Waals surface area contributed by atoms with Gasteiger partial charge < -0.3 is 20.5 Å². The van der Waals surface area contributed by atoms with Gasteiger partial charge in [-0.1, -0.05) is 0 Å². The van der Waals surface area contributed by atoms with E-state index in [-0.39, 0.29) is 5.91 Å². The fourth-order valence-corrected chi connectivity index (χ4v) is 1.83. The molecule has 1 heterocycles. The number of carbonyl (C=O) groups is 1. The summed E-state index contributed by atoms with van der Waals surface area (Å²) in [5.41, 5.74) is 7.56. The summed E-state index contributed by atoms with van der Waals surface area (Å²) in [6.45, 7) is 0.370. The molecule has 0 radical (unpaired) electrons. The lowest BCUT2D eigenvalue weighted by molar-refractivity contribution is 0.0950. The molecule has 0 bridgehead atoms. The second-order valence-corrected chi connectivity index (χ2v) is 4.38. The van der Waals surface area contributed by atoms with Gasteiger partial charge in [0.2, 0.25) is 5.88 Å². The molecule has 0 aliphatic carbocycles. The second kappa shape index (κ2) is 6.60. The second-order valence-electron chi connectivity index (χ2n) is 4.38. The maximum Gasteiger partial charge on any atom is 0.251 e.